The Hall–Kier alpha value is -1.51. The van der Waals surface area contributed by atoms with Crippen molar-refractivity contribution in [2.45, 2.75) is 25.7 Å². The quantitative estimate of drug-likeness (QED) is 0.850. The van der Waals surface area contributed by atoms with Gasteiger partial charge >= 0.3 is 5.97 Å². The van der Waals surface area contributed by atoms with Crippen LogP contribution in [0.1, 0.15) is 24.0 Å². The van der Waals surface area contributed by atoms with Crippen LogP contribution in [0, 0.1) is 5.92 Å². The maximum absolute atomic E-state index is 10.7. The Kier molecular flexibility index (Phi) is 3.13. The van der Waals surface area contributed by atoms with Gasteiger partial charge < -0.3 is 9.84 Å². The van der Waals surface area contributed by atoms with Gasteiger partial charge in [-0.3, -0.25) is 4.79 Å². The molecule has 1 aromatic carbocycles. The molecule has 1 aliphatic carbocycles. The number of hydrogen-bond donors (Lipinski definition) is 1. The molecule has 1 unspecified atom stereocenters. The normalized spacial score (nSPS) is 18.9. The third kappa shape index (κ3) is 2.35. The van der Waals surface area contributed by atoms with Gasteiger partial charge in [-0.2, -0.15) is 0 Å². The molecule has 1 N–H and O–H groups in total. The molecular formula is C13H16O3. The van der Waals surface area contributed by atoms with Crippen LogP contribution in [0.15, 0.2) is 18.2 Å². The van der Waals surface area contributed by atoms with E-state index >= 15 is 0 Å². The summed E-state index contributed by atoms with van der Waals surface area (Å²) in [6.45, 7) is 0. The minimum Gasteiger partial charge on any atom is -0.497 e. The summed E-state index contributed by atoms with van der Waals surface area (Å²) in [7, 11) is 1.66. The molecule has 0 heterocycles. The van der Waals surface area contributed by atoms with Crippen LogP contribution in [0.2, 0.25) is 0 Å². The highest BCUT2D eigenvalue weighted by atomic mass is 16.5. The number of hydrogen-bond acceptors (Lipinski definition) is 2. The van der Waals surface area contributed by atoms with Gasteiger partial charge in [0.15, 0.2) is 0 Å². The molecule has 0 saturated carbocycles. The van der Waals surface area contributed by atoms with Crippen molar-refractivity contribution in [3.63, 3.8) is 0 Å². The van der Waals surface area contributed by atoms with Crippen molar-refractivity contribution in [3.8, 4) is 5.75 Å². The van der Waals surface area contributed by atoms with Crippen molar-refractivity contribution < 1.29 is 14.6 Å². The molecule has 0 fully saturated rings. The largest absolute Gasteiger partial charge is 0.497 e. The first kappa shape index (κ1) is 11.0. The molecule has 3 heteroatoms. The standard InChI is InChI=1S/C13H16O3/c1-16-12-5-4-10-6-9(7-13(14)15)2-3-11(10)8-12/h4-5,8-9H,2-3,6-7H2,1H3,(H,14,15). The molecule has 3 nitrogen and oxygen atoms in total. The second-order valence-corrected chi connectivity index (χ2v) is 4.34. The van der Waals surface area contributed by atoms with E-state index < -0.39 is 5.97 Å². The van der Waals surface area contributed by atoms with E-state index in [0.717, 1.165) is 25.0 Å². The topological polar surface area (TPSA) is 46.5 Å². The molecule has 0 spiro atoms. The van der Waals surface area contributed by atoms with E-state index in [2.05, 4.69) is 12.1 Å². The second kappa shape index (κ2) is 4.56. The molecule has 16 heavy (non-hydrogen) atoms. The average molecular weight is 220 g/mol. The summed E-state index contributed by atoms with van der Waals surface area (Å²) in [5.74, 6) is 0.482. The minimum atomic E-state index is -0.693. The summed E-state index contributed by atoms with van der Waals surface area (Å²) in [6.07, 6.45) is 3.09. The van der Waals surface area contributed by atoms with E-state index in [-0.39, 0.29) is 6.42 Å². The van der Waals surface area contributed by atoms with Crippen LogP contribution < -0.4 is 4.74 Å². The molecule has 1 aliphatic rings. The maximum atomic E-state index is 10.7. The van der Waals surface area contributed by atoms with E-state index in [1.807, 2.05) is 6.07 Å². The van der Waals surface area contributed by atoms with E-state index in [4.69, 9.17) is 9.84 Å². The molecule has 0 aliphatic heterocycles. The highest BCUT2D eigenvalue weighted by Crippen LogP contribution is 2.29. The van der Waals surface area contributed by atoms with E-state index in [0.29, 0.717) is 5.92 Å². The molecule has 1 aromatic rings. The first-order valence-electron chi connectivity index (χ1n) is 5.56. The van der Waals surface area contributed by atoms with Gasteiger partial charge in [-0.1, -0.05) is 6.07 Å². The van der Waals surface area contributed by atoms with Crippen molar-refractivity contribution >= 4 is 5.97 Å². The second-order valence-electron chi connectivity index (χ2n) is 4.34. The van der Waals surface area contributed by atoms with E-state index in [1.165, 1.54) is 11.1 Å². The number of carbonyl (C=O) groups is 1. The molecule has 2 rings (SSSR count). The zero-order valence-corrected chi connectivity index (χ0v) is 9.40. The lowest BCUT2D eigenvalue weighted by Gasteiger charge is -2.23. The molecule has 0 saturated heterocycles. The first-order valence-corrected chi connectivity index (χ1v) is 5.56. The van der Waals surface area contributed by atoms with Crippen LogP contribution in [-0.2, 0) is 17.6 Å². The summed E-state index contributed by atoms with van der Waals surface area (Å²) in [6, 6.07) is 6.07. The van der Waals surface area contributed by atoms with Crippen molar-refractivity contribution in [1.29, 1.82) is 0 Å². The summed E-state index contributed by atoms with van der Waals surface area (Å²) < 4.78 is 5.18. The number of ether oxygens (including phenoxy) is 1. The Labute approximate surface area is 95.0 Å². The Morgan fingerprint density at radius 3 is 3.00 bits per heavy atom. The zero-order valence-electron chi connectivity index (χ0n) is 9.40. The third-order valence-electron chi connectivity index (χ3n) is 3.21. The maximum Gasteiger partial charge on any atom is 0.303 e. The van der Waals surface area contributed by atoms with E-state index in [1.54, 1.807) is 7.11 Å². The molecule has 0 bridgehead atoms. The number of aryl methyl sites for hydroxylation is 1. The molecule has 0 aromatic heterocycles. The fourth-order valence-corrected chi connectivity index (χ4v) is 2.35. The van der Waals surface area contributed by atoms with Gasteiger partial charge in [-0.15, -0.1) is 0 Å². The van der Waals surface area contributed by atoms with Crippen LogP contribution >= 0.6 is 0 Å². The highest BCUT2D eigenvalue weighted by Gasteiger charge is 2.20. The predicted octanol–water partition coefficient (Wildman–Crippen LogP) is 2.27. The Bertz CT molecular complexity index is 398. The summed E-state index contributed by atoms with van der Waals surface area (Å²) in [5, 5.41) is 8.78. The Morgan fingerprint density at radius 2 is 2.31 bits per heavy atom. The fraction of sp³-hybridized carbons (Fsp3) is 0.462. The van der Waals surface area contributed by atoms with Crippen LogP contribution in [-0.4, -0.2) is 18.2 Å². The number of methoxy groups -OCH3 is 1. The van der Waals surface area contributed by atoms with Gasteiger partial charge in [0.05, 0.1) is 7.11 Å². The summed E-state index contributed by atoms with van der Waals surface area (Å²) in [4.78, 5) is 10.7. The number of aliphatic carboxylic acids is 1. The summed E-state index contributed by atoms with van der Waals surface area (Å²) in [5.41, 5.74) is 2.58. The highest BCUT2D eigenvalue weighted by molar-refractivity contribution is 5.67. The third-order valence-corrected chi connectivity index (χ3v) is 3.21. The fourth-order valence-electron chi connectivity index (χ4n) is 2.35. The minimum absolute atomic E-state index is 0.283. The van der Waals surface area contributed by atoms with Gasteiger partial charge in [-0.25, -0.2) is 0 Å². The molecule has 0 amide bonds. The van der Waals surface area contributed by atoms with E-state index in [9.17, 15) is 4.79 Å². The van der Waals surface area contributed by atoms with Gasteiger partial charge in [0.2, 0.25) is 0 Å². The molecular weight excluding hydrogens is 204 g/mol. The molecule has 86 valence electrons. The van der Waals surface area contributed by atoms with Crippen LogP contribution in [0.3, 0.4) is 0 Å². The average Bonchev–Trinajstić information content (AvgIpc) is 2.27. The van der Waals surface area contributed by atoms with Gasteiger partial charge in [0.1, 0.15) is 5.75 Å². The zero-order chi connectivity index (χ0) is 11.5. The smallest absolute Gasteiger partial charge is 0.303 e. The van der Waals surface area contributed by atoms with Crippen molar-refractivity contribution in [1.82, 2.24) is 0 Å². The number of fused-ring (bicyclic) bond motifs is 1. The number of rotatable bonds is 3. The van der Waals surface area contributed by atoms with Gasteiger partial charge in [0.25, 0.3) is 0 Å². The van der Waals surface area contributed by atoms with Crippen molar-refractivity contribution in [2.75, 3.05) is 7.11 Å². The van der Waals surface area contributed by atoms with Crippen molar-refractivity contribution in [2.24, 2.45) is 5.92 Å². The van der Waals surface area contributed by atoms with Crippen LogP contribution in [0.4, 0.5) is 0 Å². The van der Waals surface area contributed by atoms with Gasteiger partial charge in [-0.05, 0) is 48.4 Å². The number of benzene rings is 1. The van der Waals surface area contributed by atoms with Crippen molar-refractivity contribution in [3.05, 3.63) is 29.3 Å². The monoisotopic (exact) mass is 220 g/mol. The Morgan fingerprint density at radius 1 is 1.50 bits per heavy atom. The molecule has 0 radical (unpaired) electrons. The lowest BCUT2D eigenvalue weighted by Crippen LogP contribution is -2.17. The van der Waals surface area contributed by atoms with Crippen LogP contribution in [0.5, 0.6) is 5.75 Å². The summed E-state index contributed by atoms with van der Waals surface area (Å²) >= 11 is 0. The number of carboxylic acid groups (broad SMARTS) is 1. The van der Waals surface area contributed by atoms with Gasteiger partial charge in [0, 0.05) is 6.42 Å². The molecule has 1 atom stereocenters. The lowest BCUT2D eigenvalue weighted by atomic mass is 9.82. The Balaban J connectivity index is 2.12. The predicted molar refractivity (Wildman–Crippen MR) is 60.8 cm³/mol. The lowest BCUT2D eigenvalue weighted by molar-refractivity contribution is -0.138. The number of carboxylic acids is 1. The SMILES string of the molecule is COc1ccc2c(c1)CCC(CC(=O)O)C2. The first-order chi connectivity index (χ1) is 7.69. The van der Waals surface area contributed by atoms with Crippen LogP contribution in [0.25, 0.3) is 0 Å².